The fourth-order valence-corrected chi connectivity index (χ4v) is 13.9. The average molecular weight is 1450 g/mol. The van der Waals surface area contributed by atoms with Crippen LogP contribution in [-0.2, 0) is 65.4 Å². The van der Waals surface area contributed by atoms with Crippen molar-refractivity contribution in [3.63, 3.8) is 0 Å². The molecule has 0 fully saturated rings. The van der Waals surface area contributed by atoms with Crippen molar-refractivity contribution in [3.8, 4) is 0 Å². The van der Waals surface area contributed by atoms with Crippen molar-refractivity contribution >= 4 is 39.5 Å². The Morgan fingerprint density at radius 3 is 0.717 bits per heavy atom. The number of aliphatic hydroxyl groups is 1. The molecule has 0 aliphatic carbocycles. The largest absolute Gasteiger partial charge is 0.472 e. The summed E-state index contributed by atoms with van der Waals surface area (Å²) in [5, 5.41) is 10.6. The standard InChI is InChI=1S/C80H156O17P2/c1-7-11-13-15-17-19-21-23-25-26-27-28-29-30-31-33-35-37-46-52-58-64-79(84)96-75(68-90-77(82)62-56-50-44-36-34-32-24-22-20-18-16-14-12-8-2)70-94-98(86,87)92-66-74(81)67-93-99(88,89)95-71-76(97-80(85)65-59-53-47-41-39-43-49-55-61-73(6)10-4)69-91-78(83)63-57-51-45-40-38-42-48-54-60-72(5)9-3/h72-76,81H,7-71H2,1-6H3,(H,86,87)(H,88,89)/t72?,73?,74-,75-,76-/m1/s1. The third-order valence-corrected chi connectivity index (χ3v) is 21.3. The maximum Gasteiger partial charge on any atom is 0.472 e. The molecule has 0 aromatic rings. The van der Waals surface area contributed by atoms with E-state index in [2.05, 4.69) is 41.5 Å². The van der Waals surface area contributed by atoms with E-state index < -0.39 is 97.5 Å². The SMILES string of the molecule is CCCCCCCCCCCCCCCCCCCCCCCC(=O)O[C@H](COC(=O)CCCCCCCCCCCCCCCC)COP(=O)(O)OC[C@@H](O)COP(=O)(O)OC[C@@H](COC(=O)CCCCCCCCCCC(C)CC)OC(=O)CCCCCCCCCCC(C)CC. The summed E-state index contributed by atoms with van der Waals surface area (Å²) in [4.78, 5) is 73.0. The highest BCUT2D eigenvalue weighted by molar-refractivity contribution is 7.47. The molecule has 588 valence electrons. The van der Waals surface area contributed by atoms with E-state index in [1.807, 2.05) is 0 Å². The smallest absolute Gasteiger partial charge is 0.462 e. The zero-order valence-electron chi connectivity index (χ0n) is 64.8. The van der Waals surface area contributed by atoms with Crippen molar-refractivity contribution in [2.45, 2.75) is 439 Å². The first-order chi connectivity index (χ1) is 47.9. The van der Waals surface area contributed by atoms with Crippen molar-refractivity contribution in [2.75, 3.05) is 39.6 Å². The summed E-state index contributed by atoms with van der Waals surface area (Å²) >= 11 is 0. The van der Waals surface area contributed by atoms with E-state index in [4.69, 9.17) is 37.0 Å². The Labute approximate surface area is 607 Å². The number of carbonyl (C=O) groups is 4. The third-order valence-electron chi connectivity index (χ3n) is 19.4. The highest BCUT2D eigenvalue weighted by Gasteiger charge is 2.30. The number of hydrogen-bond donors (Lipinski definition) is 3. The average Bonchev–Trinajstić information content (AvgIpc) is 3.01. The van der Waals surface area contributed by atoms with E-state index in [9.17, 15) is 43.2 Å². The minimum absolute atomic E-state index is 0.105. The van der Waals surface area contributed by atoms with Crippen LogP contribution >= 0.6 is 15.6 Å². The highest BCUT2D eigenvalue weighted by Crippen LogP contribution is 2.45. The molecular formula is C80H156O17P2. The minimum Gasteiger partial charge on any atom is -0.462 e. The molecule has 0 heterocycles. The second-order valence-corrected chi connectivity index (χ2v) is 32.2. The van der Waals surface area contributed by atoms with Crippen LogP contribution in [0.5, 0.6) is 0 Å². The lowest BCUT2D eigenvalue weighted by atomic mass is 9.99. The quantitative estimate of drug-likeness (QED) is 0.0222. The molecule has 99 heavy (non-hydrogen) atoms. The van der Waals surface area contributed by atoms with Crippen molar-refractivity contribution in [1.29, 1.82) is 0 Å². The Balaban J connectivity index is 5.23. The van der Waals surface area contributed by atoms with Crippen molar-refractivity contribution < 1.29 is 80.2 Å². The Morgan fingerprint density at radius 2 is 0.485 bits per heavy atom. The van der Waals surface area contributed by atoms with Gasteiger partial charge < -0.3 is 33.8 Å². The molecule has 0 spiro atoms. The van der Waals surface area contributed by atoms with Crippen LogP contribution < -0.4 is 0 Å². The molecule has 7 atom stereocenters. The van der Waals surface area contributed by atoms with Crippen LogP contribution in [0.3, 0.4) is 0 Å². The van der Waals surface area contributed by atoms with E-state index in [1.54, 1.807) is 0 Å². The van der Waals surface area contributed by atoms with Gasteiger partial charge in [-0.3, -0.25) is 37.3 Å². The Kier molecular flexibility index (Phi) is 70.3. The summed E-state index contributed by atoms with van der Waals surface area (Å²) in [6, 6.07) is 0. The summed E-state index contributed by atoms with van der Waals surface area (Å²) in [5.74, 6) is -0.565. The van der Waals surface area contributed by atoms with Gasteiger partial charge in [-0.2, -0.15) is 0 Å². The van der Waals surface area contributed by atoms with Gasteiger partial charge >= 0.3 is 39.5 Å². The zero-order chi connectivity index (χ0) is 72.8. The van der Waals surface area contributed by atoms with Gasteiger partial charge in [0, 0.05) is 25.7 Å². The fraction of sp³-hybridized carbons (Fsp3) is 0.950. The Hall–Kier alpha value is -1.94. The lowest BCUT2D eigenvalue weighted by Crippen LogP contribution is -2.30. The maximum atomic E-state index is 13.1. The number of hydrogen-bond acceptors (Lipinski definition) is 15. The summed E-state index contributed by atoms with van der Waals surface area (Å²) in [7, 11) is -9.92. The van der Waals surface area contributed by atoms with Gasteiger partial charge in [-0.25, -0.2) is 9.13 Å². The first-order valence-corrected chi connectivity index (χ1v) is 44.6. The van der Waals surface area contributed by atoms with E-state index in [0.29, 0.717) is 25.7 Å². The second-order valence-electron chi connectivity index (χ2n) is 29.3. The van der Waals surface area contributed by atoms with Gasteiger partial charge in [0.15, 0.2) is 12.2 Å². The molecular weight excluding hydrogens is 1290 g/mol. The lowest BCUT2D eigenvalue weighted by molar-refractivity contribution is -0.161. The van der Waals surface area contributed by atoms with Crippen LogP contribution in [0.15, 0.2) is 0 Å². The number of carbonyl (C=O) groups excluding carboxylic acids is 4. The minimum atomic E-state index is -4.96. The second kappa shape index (κ2) is 71.7. The van der Waals surface area contributed by atoms with Gasteiger partial charge in [0.1, 0.15) is 19.3 Å². The molecule has 0 aromatic heterocycles. The summed E-state index contributed by atoms with van der Waals surface area (Å²) in [6.45, 7) is 9.62. The van der Waals surface area contributed by atoms with Crippen LogP contribution in [0.2, 0.25) is 0 Å². The van der Waals surface area contributed by atoms with Crippen LogP contribution in [-0.4, -0.2) is 96.7 Å². The molecule has 0 saturated heterocycles. The fourth-order valence-electron chi connectivity index (χ4n) is 12.3. The molecule has 0 bridgehead atoms. The number of phosphoric ester groups is 2. The van der Waals surface area contributed by atoms with Crippen molar-refractivity contribution in [2.24, 2.45) is 11.8 Å². The van der Waals surface area contributed by atoms with Crippen LogP contribution in [0, 0.1) is 11.8 Å². The van der Waals surface area contributed by atoms with E-state index in [1.165, 1.54) is 238 Å². The molecule has 0 rings (SSSR count). The Bertz CT molecular complexity index is 1910. The van der Waals surface area contributed by atoms with Gasteiger partial charge in [0.05, 0.1) is 26.4 Å². The van der Waals surface area contributed by atoms with Crippen LogP contribution in [0.4, 0.5) is 0 Å². The molecule has 0 saturated carbocycles. The summed E-state index contributed by atoms with van der Waals surface area (Å²) in [6.07, 6.45) is 61.0. The molecule has 4 unspecified atom stereocenters. The van der Waals surface area contributed by atoms with Crippen LogP contribution in [0.25, 0.3) is 0 Å². The number of aliphatic hydroxyl groups excluding tert-OH is 1. The highest BCUT2D eigenvalue weighted by atomic mass is 31.2. The van der Waals surface area contributed by atoms with Gasteiger partial charge in [-0.15, -0.1) is 0 Å². The number of phosphoric acid groups is 2. The predicted molar refractivity (Wildman–Crippen MR) is 405 cm³/mol. The zero-order valence-corrected chi connectivity index (χ0v) is 66.6. The first-order valence-electron chi connectivity index (χ1n) is 41.6. The monoisotopic (exact) mass is 1450 g/mol. The molecule has 3 N–H and O–H groups in total. The molecule has 17 nitrogen and oxygen atoms in total. The molecule has 0 aliphatic heterocycles. The predicted octanol–water partition coefficient (Wildman–Crippen LogP) is 23.9. The van der Waals surface area contributed by atoms with Crippen LogP contribution in [0.1, 0.15) is 420 Å². The summed E-state index contributed by atoms with van der Waals surface area (Å²) < 4.78 is 68.7. The van der Waals surface area contributed by atoms with Crippen molar-refractivity contribution in [3.05, 3.63) is 0 Å². The van der Waals surface area contributed by atoms with E-state index >= 15 is 0 Å². The number of unbranched alkanes of at least 4 members (excludes halogenated alkanes) is 47. The lowest BCUT2D eigenvalue weighted by Gasteiger charge is -2.21. The number of esters is 4. The van der Waals surface area contributed by atoms with Gasteiger partial charge in [-0.1, -0.05) is 369 Å². The van der Waals surface area contributed by atoms with Crippen molar-refractivity contribution in [1.82, 2.24) is 0 Å². The normalized spacial score (nSPS) is 14.5. The van der Waals surface area contributed by atoms with E-state index in [-0.39, 0.29) is 25.7 Å². The van der Waals surface area contributed by atoms with Gasteiger partial charge in [-0.05, 0) is 37.5 Å². The third kappa shape index (κ3) is 71.5. The van der Waals surface area contributed by atoms with Gasteiger partial charge in [0.25, 0.3) is 0 Å². The molecule has 0 aromatic carbocycles. The molecule has 0 radical (unpaired) electrons. The summed E-state index contributed by atoms with van der Waals surface area (Å²) in [5.41, 5.74) is 0. The molecule has 0 aliphatic rings. The maximum absolute atomic E-state index is 13.1. The molecule has 0 amide bonds. The number of ether oxygens (including phenoxy) is 4. The van der Waals surface area contributed by atoms with Gasteiger partial charge in [0.2, 0.25) is 0 Å². The Morgan fingerprint density at radius 1 is 0.283 bits per heavy atom. The number of rotatable bonds is 79. The first kappa shape index (κ1) is 97.1. The topological polar surface area (TPSA) is 237 Å². The van der Waals surface area contributed by atoms with E-state index in [0.717, 1.165) is 102 Å². The molecule has 19 heteroatoms.